The summed E-state index contributed by atoms with van der Waals surface area (Å²) < 4.78 is 7.63. The van der Waals surface area contributed by atoms with Gasteiger partial charge < -0.3 is 36.4 Å². The molecule has 15 nitrogen and oxygen atoms in total. The third-order valence-electron chi connectivity index (χ3n) is 8.51. The van der Waals surface area contributed by atoms with Crippen molar-refractivity contribution in [1.29, 1.82) is 0 Å². The zero-order valence-corrected chi connectivity index (χ0v) is 28.4. The van der Waals surface area contributed by atoms with Gasteiger partial charge in [0.25, 0.3) is 5.91 Å². The van der Waals surface area contributed by atoms with Gasteiger partial charge in [-0.25, -0.2) is 15.0 Å². The Kier molecular flexibility index (Phi) is 9.22. The van der Waals surface area contributed by atoms with Crippen LogP contribution in [0.15, 0.2) is 77.4 Å². The number of aliphatic imine (C=N–C) groups is 1. The Balaban J connectivity index is 1.27. The fraction of sp³-hybridized carbons (Fsp3) is 0.286. The van der Waals surface area contributed by atoms with E-state index in [4.69, 9.17) is 21.3 Å². The van der Waals surface area contributed by atoms with Crippen LogP contribution < -0.4 is 26.4 Å². The number of aliphatic hydroxyl groups is 1. The van der Waals surface area contributed by atoms with Gasteiger partial charge in [-0.15, -0.1) is 0 Å². The Labute approximate surface area is 289 Å². The number of aldehydes is 1. The van der Waals surface area contributed by atoms with Crippen molar-refractivity contribution in [1.82, 2.24) is 29.6 Å². The van der Waals surface area contributed by atoms with Gasteiger partial charge in [0.15, 0.2) is 12.1 Å². The molecule has 2 aliphatic heterocycles. The van der Waals surface area contributed by atoms with E-state index in [1.807, 2.05) is 56.9 Å². The van der Waals surface area contributed by atoms with Gasteiger partial charge in [0, 0.05) is 49.1 Å². The van der Waals surface area contributed by atoms with Crippen LogP contribution in [0.3, 0.4) is 0 Å². The molecule has 1 atom stereocenters. The van der Waals surface area contributed by atoms with Crippen LogP contribution >= 0.6 is 0 Å². The summed E-state index contributed by atoms with van der Waals surface area (Å²) in [4.78, 5) is 45.2. The number of pyridine rings is 1. The van der Waals surface area contributed by atoms with Crippen molar-refractivity contribution >= 4 is 35.2 Å². The quantitative estimate of drug-likeness (QED) is 0.0614. The molecule has 2 aliphatic rings. The molecule has 15 heteroatoms. The highest BCUT2D eigenvalue weighted by molar-refractivity contribution is 5.97. The number of fused-ring (bicyclic) bond motifs is 3. The second-order valence-corrected chi connectivity index (χ2v) is 12.4. The van der Waals surface area contributed by atoms with Crippen LogP contribution in [0.1, 0.15) is 65.2 Å². The molecule has 1 unspecified atom stereocenters. The molecule has 5 heterocycles. The predicted octanol–water partition coefficient (Wildman–Crippen LogP) is 4.19. The number of likely N-dealkylation sites (tertiary alicyclic amines) is 1. The van der Waals surface area contributed by atoms with Gasteiger partial charge in [0.1, 0.15) is 23.5 Å². The lowest BCUT2D eigenvalue weighted by atomic mass is 9.93. The van der Waals surface area contributed by atoms with Gasteiger partial charge >= 0.3 is 6.01 Å². The second kappa shape index (κ2) is 13.7. The molecule has 6 rings (SSSR count). The molecule has 0 spiro atoms. The molecule has 0 saturated carbocycles. The first-order valence-electron chi connectivity index (χ1n) is 16.1. The third kappa shape index (κ3) is 6.57. The summed E-state index contributed by atoms with van der Waals surface area (Å²) in [5.74, 6) is 0.173. The maximum Gasteiger partial charge on any atom is 0.318 e. The number of para-hydroxylation sites is 1. The number of hydrogen-bond acceptors (Lipinski definition) is 12. The molecule has 1 fully saturated rings. The van der Waals surface area contributed by atoms with Crippen LogP contribution in [0.25, 0.3) is 11.1 Å². The Morgan fingerprint density at radius 2 is 1.88 bits per heavy atom. The number of benzene rings is 1. The molecular formula is C35H39N11O4. The summed E-state index contributed by atoms with van der Waals surface area (Å²) in [6.07, 6.45) is 4.68. The number of aliphatic hydroxyl groups excluding tert-OH is 1. The molecule has 1 saturated heterocycles. The highest BCUT2D eigenvalue weighted by Crippen LogP contribution is 2.48. The molecule has 1 aromatic carbocycles. The summed E-state index contributed by atoms with van der Waals surface area (Å²) in [5.41, 5.74) is 18.6. The molecule has 1 amide bonds. The lowest BCUT2D eigenvalue weighted by Crippen LogP contribution is -2.52. The Hall–Kier alpha value is -6.25. The van der Waals surface area contributed by atoms with E-state index in [1.54, 1.807) is 29.2 Å². The second-order valence-electron chi connectivity index (χ2n) is 12.4. The van der Waals surface area contributed by atoms with Gasteiger partial charge in [0.05, 0.1) is 52.8 Å². The Morgan fingerprint density at radius 1 is 1.12 bits per heavy atom. The summed E-state index contributed by atoms with van der Waals surface area (Å²) in [7, 11) is 2.00. The smallest absolute Gasteiger partial charge is 0.318 e. The maximum atomic E-state index is 13.0. The summed E-state index contributed by atoms with van der Waals surface area (Å²) in [6, 6.07) is 12.4. The number of amides is 1. The number of carbonyl (C=O) groups is 2. The first-order chi connectivity index (χ1) is 24.0. The van der Waals surface area contributed by atoms with E-state index in [2.05, 4.69) is 37.1 Å². The highest BCUT2D eigenvalue weighted by Gasteiger charge is 2.39. The van der Waals surface area contributed by atoms with Gasteiger partial charge in [-0.05, 0) is 45.9 Å². The van der Waals surface area contributed by atoms with Gasteiger partial charge in [-0.2, -0.15) is 10.1 Å². The minimum absolute atomic E-state index is 0.0198. The van der Waals surface area contributed by atoms with Gasteiger partial charge in [0.2, 0.25) is 0 Å². The van der Waals surface area contributed by atoms with Crippen molar-refractivity contribution in [3.05, 3.63) is 95.2 Å². The molecule has 0 bridgehead atoms. The lowest BCUT2D eigenvalue weighted by Gasteiger charge is -2.42. The molecular weight excluding hydrogens is 638 g/mol. The number of rotatable bonds is 10. The number of aryl methyl sites for hydroxylation is 1. The molecule has 4 aromatic rings. The molecule has 3 aromatic heterocycles. The maximum absolute atomic E-state index is 13.0. The van der Waals surface area contributed by atoms with E-state index < -0.39 is 0 Å². The number of nitrogens with one attached hydrogen (secondary N) is 1. The van der Waals surface area contributed by atoms with Crippen molar-refractivity contribution in [3.63, 3.8) is 0 Å². The van der Waals surface area contributed by atoms with Crippen molar-refractivity contribution < 1.29 is 19.4 Å². The SMILES string of the molecule is Cc1cc(N=C(N)/C=C(Nc2cccc3c2N(C)C(C)c2c-3cnn2C2CN(C(=O)c3cccc(C=O)n3)C2)\C(N)=C/O)nc(OC(C)C)n1. The third-order valence-corrected chi connectivity index (χ3v) is 8.51. The summed E-state index contributed by atoms with van der Waals surface area (Å²) in [5, 5.41) is 18.0. The summed E-state index contributed by atoms with van der Waals surface area (Å²) in [6.45, 7) is 8.60. The van der Waals surface area contributed by atoms with E-state index in [-0.39, 0.29) is 53.0 Å². The van der Waals surface area contributed by atoms with Crippen molar-refractivity contribution in [3.8, 4) is 17.1 Å². The zero-order valence-electron chi connectivity index (χ0n) is 28.4. The number of hydrogen-bond donors (Lipinski definition) is 4. The largest absolute Gasteiger partial charge is 0.513 e. The van der Waals surface area contributed by atoms with Crippen molar-refractivity contribution in [2.24, 2.45) is 16.5 Å². The van der Waals surface area contributed by atoms with Crippen molar-refractivity contribution in [2.75, 3.05) is 30.4 Å². The predicted molar refractivity (Wildman–Crippen MR) is 189 cm³/mol. The first-order valence-corrected chi connectivity index (χ1v) is 16.1. The number of nitrogens with two attached hydrogens (primary N) is 2. The number of carbonyl (C=O) groups excluding carboxylic acids is 2. The number of anilines is 2. The van der Waals surface area contributed by atoms with Gasteiger partial charge in [-0.1, -0.05) is 18.2 Å². The van der Waals surface area contributed by atoms with Crippen LogP contribution in [0.5, 0.6) is 6.01 Å². The molecule has 0 radical (unpaired) electrons. The Bertz CT molecular complexity index is 2050. The van der Waals surface area contributed by atoms with E-state index in [9.17, 15) is 14.7 Å². The fourth-order valence-corrected chi connectivity index (χ4v) is 6.04. The minimum Gasteiger partial charge on any atom is -0.513 e. The average Bonchev–Trinajstić information content (AvgIpc) is 3.50. The number of aromatic nitrogens is 5. The van der Waals surface area contributed by atoms with Gasteiger partial charge in [-0.3, -0.25) is 14.3 Å². The number of nitrogens with zero attached hydrogens (tertiary/aromatic N) is 8. The van der Waals surface area contributed by atoms with Crippen LogP contribution in [0.4, 0.5) is 17.2 Å². The zero-order chi connectivity index (χ0) is 35.7. The number of amidine groups is 1. The molecule has 50 heavy (non-hydrogen) atoms. The minimum atomic E-state index is -0.222. The topological polar surface area (TPSA) is 203 Å². The molecule has 258 valence electrons. The van der Waals surface area contributed by atoms with E-state index in [1.165, 1.54) is 6.08 Å². The van der Waals surface area contributed by atoms with Crippen LogP contribution in [-0.4, -0.2) is 79.0 Å². The van der Waals surface area contributed by atoms with Crippen LogP contribution in [-0.2, 0) is 0 Å². The number of ether oxygens (including phenoxy) is 1. The molecule has 0 aliphatic carbocycles. The van der Waals surface area contributed by atoms with Crippen LogP contribution in [0, 0.1) is 6.92 Å². The van der Waals surface area contributed by atoms with E-state index >= 15 is 0 Å². The normalized spacial score (nSPS) is 16.5. The Morgan fingerprint density at radius 3 is 2.60 bits per heavy atom. The lowest BCUT2D eigenvalue weighted by molar-refractivity contribution is 0.0489. The standard InChI is InChI=1S/C35H39N11O4/c1-19(2)50-35-39-20(3)12-31(43-35)42-30(37)13-29(26(36)18-48)41-27-10-7-9-24-25-14-38-46(32(25)21(4)44(5)33(24)27)23-15-45(16-23)34(49)28-11-6-8-22(17-47)40-28/h6-14,17-19,21,23,41,48H,15-16,36H2,1-5H3,(H2,37,39,42,43)/b26-18+,29-13+. The van der Waals surface area contributed by atoms with Crippen molar-refractivity contribution in [2.45, 2.75) is 45.9 Å². The molecule has 6 N–H and O–H groups in total. The van der Waals surface area contributed by atoms with E-state index in [0.717, 1.165) is 34.5 Å². The van der Waals surface area contributed by atoms with E-state index in [0.29, 0.717) is 36.6 Å². The monoisotopic (exact) mass is 677 g/mol. The average molecular weight is 678 g/mol. The summed E-state index contributed by atoms with van der Waals surface area (Å²) >= 11 is 0. The first kappa shape index (κ1) is 33.6. The highest BCUT2D eigenvalue weighted by atomic mass is 16.5. The van der Waals surface area contributed by atoms with Crippen LogP contribution in [0.2, 0.25) is 0 Å². The fourth-order valence-electron chi connectivity index (χ4n) is 6.04.